The van der Waals surface area contributed by atoms with Crippen LogP contribution in [-0.4, -0.2) is 18.5 Å². The van der Waals surface area contributed by atoms with Crippen LogP contribution < -0.4 is 5.32 Å². The third-order valence-corrected chi connectivity index (χ3v) is 4.90. The summed E-state index contributed by atoms with van der Waals surface area (Å²) in [6, 6.07) is 11.7. The largest absolute Gasteiger partial charge is 0.462 e. The number of benzene rings is 1. The van der Waals surface area contributed by atoms with Crippen molar-refractivity contribution in [2.75, 3.05) is 11.9 Å². The van der Waals surface area contributed by atoms with Crippen LogP contribution in [0.2, 0.25) is 0 Å². The fourth-order valence-electron chi connectivity index (χ4n) is 2.24. The predicted molar refractivity (Wildman–Crippen MR) is 97.8 cm³/mol. The second kappa shape index (κ2) is 8.64. The number of anilines is 1. The molecule has 1 amide bonds. The van der Waals surface area contributed by atoms with Gasteiger partial charge in [-0.25, -0.2) is 4.79 Å². The van der Waals surface area contributed by atoms with E-state index >= 15 is 0 Å². The van der Waals surface area contributed by atoms with Crippen molar-refractivity contribution < 1.29 is 14.3 Å². The highest BCUT2D eigenvalue weighted by Gasteiger charge is 2.20. The van der Waals surface area contributed by atoms with E-state index in [0.29, 0.717) is 30.0 Å². The van der Waals surface area contributed by atoms with Gasteiger partial charge in [-0.05, 0) is 30.9 Å². The lowest BCUT2D eigenvalue weighted by molar-refractivity contribution is -0.116. The van der Waals surface area contributed by atoms with Crippen LogP contribution in [-0.2, 0) is 16.0 Å². The van der Waals surface area contributed by atoms with Gasteiger partial charge in [0.1, 0.15) is 5.00 Å². The molecule has 1 aromatic heterocycles. The van der Waals surface area contributed by atoms with Gasteiger partial charge in [0, 0.05) is 11.3 Å². The van der Waals surface area contributed by atoms with Crippen molar-refractivity contribution >= 4 is 28.2 Å². The van der Waals surface area contributed by atoms with E-state index in [2.05, 4.69) is 19.2 Å². The number of esters is 1. The molecule has 0 fully saturated rings. The zero-order valence-electron chi connectivity index (χ0n) is 14.3. The summed E-state index contributed by atoms with van der Waals surface area (Å²) < 4.78 is 5.09. The van der Waals surface area contributed by atoms with Crippen molar-refractivity contribution in [1.29, 1.82) is 0 Å². The molecule has 0 bridgehead atoms. The van der Waals surface area contributed by atoms with Crippen LogP contribution in [0, 0.1) is 0 Å². The molecular weight excluding hydrogens is 322 g/mol. The molecule has 4 nitrogen and oxygen atoms in total. The van der Waals surface area contributed by atoms with Crippen molar-refractivity contribution in [2.24, 2.45) is 0 Å². The number of carbonyl (C=O) groups excluding carboxylic acids is 2. The molecule has 24 heavy (non-hydrogen) atoms. The molecule has 0 atom stereocenters. The quantitative estimate of drug-likeness (QED) is 0.745. The van der Waals surface area contributed by atoms with Gasteiger partial charge in [-0.3, -0.25) is 4.79 Å². The molecule has 0 saturated heterocycles. The van der Waals surface area contributed by atoms with Gasteiger partial charge in [0.2, 0.25) is 5.91 Å². The van der Waals surface area contributed by atoms with Crippen LogP contribution in [0.1, 0.15) is 53.9 Å². The first-order chi connectivity index (χ1) is 11.5. The molecule has 0 spiro atoms. The minimum Gasteiger partial charge on any atom is -0.462 e. The Bertz CT molecular complexity index is 692. The van der Waals surface area contributed by atoms with E-state index < -0.39 is 0 Å². The summed E-state index contributed by atoms with van der Waals surface area (Å²) >= 11 is 1.44. The van der Waals surface area contributed by atoms with Gasteiger partial charge in [0.15, 0.2) is 0 Å². The molecular formula is C19H23NO3S. The first-order valence-corrected chi connectivity index (χ1v) is 8.97. The average Bonchev–Trinajstić information content (AvgIpc) is 2.98. The van der Waals surface area contributed by atoms with Crippen molar-refractivity contribution in [2.45, 2.75) is 39.5 Å². The number of carbonyl (C=O) groups is 2. The zero-order valence-corrected chi connectivity index (χ0v) is 15.1. The Labute approximate surface area is 146 Å². The van der Waals surface area contributed by atoms with Crippen molar-refractivity contribution in [3.05, 3.63) is 52.4 Å². The Morgan fingerprint density at radius 3 is 2.54 bits per heavy atom. The fourth-order valence-corrected chi connectivity index (χ4v) is 3.30. The monoisotopic (exact) mass is 345 g/mol. The van der Waals surface area contributed by atoms with E-state index in [4.69, 9.17) is 4.74 Å². The molecule has 1 N–H and O–H groups in total. The fraction of sp³-hybridized carbons (Fsp3) is 0.368. The summed E-state index contributed by atoms with van der Waals surface area (Å²) in [5.74, 6) is -0.196. The summed E-state index contributed by atoms with van der Waals surface area (Å²) in [5, 5.41) is 3.45. The third-order valence-electron chi connectivity index (χ3n) is 3.55. The van der Waals surface area contributed by atoms with Gasteiger partial charge in [-0.2, -0.15) is 0 Å². The van der Waals surface area contributed by atoms with Crippen LogP contribution in [0.5, 0.6) is 0 Å². The summed E-state index contributed by atoms with van der Waals surface area (Å²) in [6.45, 7) is 6.20. The van der Waals surface area contributed by atoms with Gasteiger partial charge < -0.3 is 10.1 Å². The number of rotatable bonds is 7. The SMILES string of the molecule is CCOC(=O)c1cc(C(C)C)sc1NC(=O)CCc1ccccc1. The molecule has 0 aliphatic carbocycles. The predicted octanol–water partition coefficient (Wildman–Crippen LogP) is 4.62. The minimum absolute atomic E-state index is 0.0958. The Kier molecular flexibility index (Phi) is 6.55. The maximum atomic E-state index is 12.2. The zero-order chi connectivity index (χ0) is 17.5. The molecule has 0 saturated carbocycles. The highest BCUT2D eigenvalue weighted by Crippen LogP contribution is 2.33. The smallest absolute Gasteiger partial charge is 0.341 e. The first kappa shape index (κ1) is 18.2. The normalized spacial score (nSPS) is 10.7. The lowest BCUT2D eigenvalue weighted by Crippen LogP contribution is -2.14. The molecule has 5 heteroatoms. The number of nitrogens with one attached hydrogen (secondary N) is 1. The molecule has 0 aliphatic rings. The average molecular weight is 345 g/mol. The van der Waals surface area contributed by atoms with Crippen LogP contribution in [0.25, 0.3) is 0 Å². The molecule has 0 aliphatic heterocycles. The van der Waals surface area contributed by atoms with Crippen molar-refractivity contribution in [1.82, 2.24) is 0 Å². The van der Waals surface area contributed by atoms with E-state index in [1.54, 1.807) is 6.92 Å². The van der Waals surface area contributed by atoms with Crippen LogP contribution in [0.4, 0.5) is 5.00 Å². The number of thiophene rings is 1. The molecule has 2 rings (SSSR count). The van der Waals surface area contributed by atoms with Crippen LogP contribution in [0.15, 0.2) is 36.4 Å². The topological polar surface area (TPSA) is 55.4 Å². The second-order valence-electron chi connectivity index (χ2n) is 5.80. The highest BCUT2D eigenvalue weighted by atomic mass is 32.1. The highest BCUT2D eigenvalue weighted by molar-refractivity contribution is 7.16. The lowest BCUT2D eigenvalue weighted by Gasteiger charge is -2.06. The van der Waals surface area contributed by atoms with E-state index in [0.717, 1.165) is 10.4 Å². The summed E-state index contributed by atoms with van der Waals surface area (Å²) in [4.78, 5) is 25.4. The number of hydrogen-bond acceptors (Lipinski definition) is 4. The second-order valence-corrected chi connectivity index (χ2v) is 6.88. The summed E-state index contributed by atoms with van der Waals surface area (Å²) in [6.07, 6.45) is 1.05. The molecule has 128 valence electrons. The van der Waals surface area contributed by atoms with Gasteiger partial charge >= 0.3 is 5.97 Å². The van der Waals surface area contributed by atoms with Gasteiger partial charge in [-0.1, -0.05) is 44.2 Å². The standard InChI is InChI=1S/C19H23NO3S/c1-4-23-19(22)15-12-16(13(2)3)24-18(15)20-17(21)11-10-14-8-6-5-7-9-14/h5-9,12-13H,4,10-11H2,1-3H3,(H,20,21). The molecule has 0 unspecified atom stereocenters. The molecule has 1 heterocycles. The first-order valence-electron chi connectivity index (χ1n) is 8.15. The maximum Gasteiger partial charge on any atom is 0.341 e. The Balaban J connectivity index is 2.06. The molecule has 1 aromatic carbocycles. The summed E-state index contributed by atoms with van der Waals surface area (Å²) in [5.41, 5.74) is 1.56. The lowest BCUT2D eigenvalue weighted by atomic mass is 10.1. The van der Waals surface area contributed by atoms with Gasteiger partial charge in [0.25, 0.3) is 0 Å². The van der Waals surface area contributed by atoms with Crippen LogP contribution >= 0.6 is 11.3 Å². The number of ether oxygens (including phenoxy) is 1. The molecule has 2 aromatic rings. The van der Waals surface area contributed by atoms with Crippen molar-refractivity contribution in [3.8, 4) is 0 Å². The molecule has 0 radical (unpaired) electrons. The van der Waals surface area contributed by atoms with Gasteiger partial charge in [0.05, 0.1) is 12.2 Å². The Hall–Kier alpha value is -2.14. The number of hydrogen-bond donors (Lipinski definition) is 1. The van der Waals surface area contributed by atoms with E-state index in [-0.39, 0.29) is 17.8 Å². The van der Waals surface area contributed by atoms with Crippen molar-refractivity contribution in [3.63, 3.8) is 0 Å². The maximum absolute atomic E-state index is 12.2. The van der Waals surface area contributed by atoms with E-state index in [9.17, 15) is 9.59 Å². The van der Waals surface area contributed by atoms with Gasteiger partial charge in [-0.15, -0.1) is 11.3 Å². The third kappa shape index (κ3) is 4.93. The van der Waals surface area contributed by atoms with Crippen LogP contribution in [0.3, 0.4) is 0 Å². The van der Waals surface area contributed by atoms with E-state index in [1.807, 2.05) is 36.4 Å². The minimum atomic E-state index is -0.390. The van der Waals surface area contributed by atoms with E-state index in [1.165, 1.54) is 11.3 Å². The number of amides is 1. The Morgan fingerprint density at radius 2 is 1.92 bits per heavy atom. The Morgan fingerprint density at radius 1 is 1.21 bits per heavy atom. The number of aryl methyl sites for hydroxylation is 1. The summed E-state index contributed by atoms with van der Waals surface area (Å²) in [7, 11) is 0.